The van der Waals surface area contributed by atoms with Gasteiger partial charge in [0.05, 0.1) is 30.6 Å². The number of carbonyl (C=O) groups is 2. The molecular formula is C30H31N5O3. The smallest absolute Gasteiger partial charge is 0.258 e. The second kappa shape index (κ2) is 11.4. The molecule has 0 saturated carbocycles. The highest BCUT2D eigenvalue weighted by atomic mass is 16.3. The number of aromatic nitrogens is 3. The number of likely N-dealkylation sites (N-methyl/N-ethyl adjacent to an activating group) is 1. The number of nitrogens with one attached hydrogen (secondary N) is 2. The Labute approximate surface area is 221 Å². The largest absolute Gasteiger partial charge is 0.395 e. The first-order valence-corrected chi connectivity index (χ1v) is 12.8. The van der Waals surface area contributed by atoms with Crippen LogP contribution in [0.5, 0.6) is 0 Å². The molecule has 194 valence electrons. The number of fused-ring (bicyclic) bond motifs is 1. The SMILES string of the molecule is CCN(CCO)Cc1ccc2[nH]c(C3=CC(NC(=O)c4cnn(Cc5ccccc5)c4)=CCC3=O)cc2c1. The summed E-state index contributed by atoms with van der Waals surface area (Å²) in [5.41, 5.74) is 5.48. The summed E-state index contributed by atoms with van der Waals surface area (Å²) in [7, 11) is 0. The van der Waals surface area contributed by atoms with E-state index < -0.39 is 0 Å². The number of nitrogens with zero attached hydrogens (tertiary/aromatic N) is 3. The van der Waals surface area contributed by atoms with E-state index in [4.69, 9.17) is 0 Å². The number of Topliss-reactive ketones (excluding diaryl/α,β-unsaturated/α-hetero) is 1. The number of aromatic amines is 1. The molecule has 0 aliphatic heterocycles. The van der Waals surface area contributed by atoms with E-state index in [-0.39, 0.29) is 24.7 Å². The van der Waals surface area contributed by atoms with E-state index in [9.17, 15) is 14.7 Å². The van der Waals surface area contributed by atoms with Crippen molar-refractivity contribution < 1.29 is 14.7 Å². The Morgan fingerprint density at radius 3 is 2.79 bits per heavy atom. The van der Waals surface area contributed by atoms with Gasteiger partial charge in [0.15, 0.2) is 5.78 Å². The van der Waals surface area contributed by atoms with Crippen LogP contribution in [0.2, 0.25) is 0 Å². The van der Waals surface area contributed by atoms with Crippen LogP contribution < -0.4 is 5.32 Å². The van der Waals surface area contributed by atoms with Crippen molar-refractivity contribution in [1.82, 2.24) is 25.0 Å². The molecule has 0 fully saturated rings. The van der Waals surface area contributed by atoms with E-state index in [1.165, 1.54) is 0 Å². The van der Waals surface area contributed by atoms with Gasteiger partial charge in [-0.1, -0.05) is 49.4 Å². The molecule has 38 heavy (non-hydrogen) atoms. The van der Waals surface area contributed by atoms with Gasteiger partial charge in [0, 0.05) is 47.9 Å². The fraction of sp³-hybridized carbons (Fsp3) is 0.233. The summed E-state index contributed by atoms with van der Waals surface area (Å²) in [4.78, 5) is 31.2. The molecule has 2 aromatic carbocycles. The van der Waals surface area contributed by atoms with E-state index in [1.807, 2.05) is 42.5 Å². The number of aliphatic hydroxyl groups excluding tert-OH is 1. The summed E-state index contributed by atoms with van der Waals surface area (Å²) in [6.07, 6.45) is 6.94. The van der Waals surface area contributed by atoms with Crippen LogP contribution in [-0.2, 0) is 17.9 Å². The van der Waals surface area contributed by atoms with Gasteiger partial charge < -0.3 is 15.4 Å². The minimum atomic E-state index is -0.273. The van der Waals surface area contributed by atoms with Crippen LogP contribution in [-0.4, -0.2) is 56.2 Å². The summed E-state index contributed by atoms with van der Waals surface area (Å²) in [5.74, 6) is -0.282. The lowest BCUT2D eigenvalue weighted by atomic mass is 9.98. The van der Waals surface area contributed by atoms with Gasteiger partial charge >= 0.3 is 0 Å². The van der Waals surface area contributed by atoms with Gasteiger partial charge in [-0.25, -0.2) is 0 Å². The van der Waals surface area contributed by atoms with Crippen LogP contribution in [0.1, 0.15) is 40.5 Å². The molecule has 1 aliphatic carbocycles. The standard InChI is InChI=1S/C30H31N5O3/c1-2-34(12-13-36)18-22-8-10-27-23(14-22)15-28(33-27)26-16-25(9-11-29(26)37)32-30(38)24-17-31-35(20-24)19-21-6-4-3-5-7-21/h3-10,14-17,20,33,36H,2,11-13,18-19H2,1H3,(H,32,38). The van der Waals surface area contributed by atoms with E-state index in [0.29, 0.717) is 29.9 Å². The molecule has 2 aromatic heterocycles. The number of amides is 1. The first kappa shape index (κ1) is 25.4. The van der Waals surface area contributed by atoms with Crippen molar-refractivity contribution in [3.63, 3.8) is 0 Å². The molecule has 2 heterocycles. The van der Waals surface area contributed by atoms with Crippen molar-refractivity contribution in [2.24, 2.45) is 0 Å². The molecule has 0 radical (unpaired) electrons. The van der Waals surface area contributed by atoms with Crippen LogP contribution >= 0.6 is 0 Å². The van der Waals surface area contributed by atoms with Gasteiger partial charge in [-0.3, -0.25) is 19.2 Å². The van der Waals surface area contributed by atoms with Gasteiger partial charge in [0.1, 0.15) is 0 Å². The molecule has 8 nitrogen and oxygen atoms in total. The van der Waals surface area contributed by atoms with Crippen molar-refractivity contribution in [2.75, 3.05) is 19.7 Å². The normalized spacial score (nSPS) is 13.6. The number of benzene rings is 2. The van der Waals surface area contributed by atoms with Crippen molar-refractivity contribution in [1.29, 1.82) is 0 Å². The maximum Gasteiger partial charge on any atom is 0.258 e. The highest BCUT2D eigenvalue weighted by molar-refractivity contribution is 6.23. The molecule has 5 rings (SSSR count). The van der Waals surface area contributed by atoms with Gasteiger partial charge in [-0.05, 0) is 41.9 Å². The number of hydrogen-bond donors (Lipinski definition) is 3. The van der Waals surface area contributed by atoms with Crippen molar-refractivity contribution in [2.45, 2.75) is 26.4 Å². The zero-order valence-corrected chi connectivity index (χ0v) is 21.4. The Balaban J connectivity index is 1.30. The van der Waals surface area contributed by atoms with Crippen molar-refractivity contribution >= 4 is 28.2 Å². The third kappa shape index (κ3) is 5.82. The summed E-state index contributed by atoms with van der Waals surface area (Å²) >= 11 is 0. The maximum absolute atomic E-state index is 12.9. The molecule has 0 unspecified atom stereocenters. The highest BCUT2D eigenvalue weighted by Crippen LogP contribution is 2.27. The predicted molar refractivity (Wildman–Crippen MR) is 147 cm³/mol. The van der Waals surface area contributed by atoms with Gasteiger partial charge in [-0.2, -0.15) is 5.10 Å². The second-order valence-electron chi connectivity index (χ2n) is 9.41. The second-order valence-corrected chi connectivity index (χ2v) is 9.41. The topological polar surface area (TPSA) is 103 Å². The van der Waals surface area contributed by atoms with Crippen LogP contribution in [0.4, 0.5) is 0 Å². The third-order valence-corrected chi connectivity index (χ3v) is 6.69. The zero-order chi connectivity index (χ0) is 26.5. The quantitative estimate of drug-likeness (QED) is 0.301. The summed E-state index contributed by atoms with van der Waals surface area (Å²) in [5, 5.41) is 17.5. The van der Waals surface area contributed by atoms with Crippen molar-refractivity contribution in [3.05, 3.63) is 107 Å². The lowest BCUT2D eigenvalue weighted by molar-refractivity contribution is -0.113. The molecule has 1 amide bonds. The molecule has 0 bridgehead atoms. The highest BCUT2D eigenvalue weighted by Gasteiger charge is 2.20. The van der Waals surface area contributed by atoms with Crippen LogP contribution in [0.25, 0.3) is 16.5 Å². The maximum atomic E-state index is 12.9. The monoisotopic (exact) mass is 509 g/mol. The summed E-state index contributed by atoms with van der Waals surface area (Å²) in [6.45, 7) is 5.01. The van der Waals surface area contributed by atoms with Crippen molar-refractivity contribution in [3.8, 4) is 0 Å². The molecule has 3 N–H and O–H groups in total. The van der Waals surface area contributed by atoms with Gasteiger partial charge in [0.25, 0.3) is 5.91 Å². The Kier molecular flexibility index (Phi) is 7.62. The number of ketones is 1. The number of hydrogen-bond acceptors (Lipinski definition) is 5. The first-order chi connectivity index (χ1) is 18.5. The van der Waals surface area contributed by atoms with E-state index in [0.717, 1.165) is 40.8 Å². The van der Waals surface area contributed by atoms with Crippen LogP contribution in [0.15, 0.2) is 84.8 Å². The van der Waals surface area contributed by atoms with Crippen LogP contribution in [0.3, 0.4) is 0 Å². The van der Waals surface area contributed by atoms with E-state index >= 15 is 0 Å². The van der Waals surface area contributed by atoms with Gasteiger partial charge in [0.2, 0.25) is 0 Å². The molecule has 4 aromatic rings. The predicted octanol–water partition coefficient (Wildman–Crippen LogP) is 3.90. The lowest BCUT2D eigenvalue weighted by Gasteiger charge is -2.19. The zero-order valence-electron chi connectivity index (χ0n) is 21.4. The molecule has 1 aliphatic rings. The molecule has 0 saturated heterocycles. The Morgan fingerprint density at radius 2 is 2.00 bits per heavy atom. The minimum absolute atomic E-state index is 0.00874. The molecule has 0 atom stereocenters. The average molecular weight is 510 g/mol. The first-order valence-electron chi connectivity index (χ1n) is 12.8. The molecule has 0 spiro atoms. The number of H-pyrrole nitrogens is 1. The Bertz CT molecular complexity index is 1510. The number of allylic oxidation sites excluding steroid dienone is 3. The lowest BCUT2D eigenvalue weighted by Crippen LogP contribution is -2.25. The Morgan fingerprint density at radius 1 is 1.16 bits per heavy atom. The number of rotatable bonds is 10. The number of aliphatic hydroxyl groups is 1. The fourth-order valence-electron chi connectivity index (χ4n) is 4.64. The Hall–Kier alpha value is -4.27. The average Bonchev–Trinajstić information content (AvgIpc) is 3.57. The van der Waals surface area contributed by atoms with Crippen LogP contribution in [0, 0.1) is 0 Å². The summed E-state index contributed by atoms with van der Waals surface area (Å²) in [6, 6.07) is 18.1. The van der Waals surface area contributed by atoms with E-state index in [2.05, 4.69) is 39.4 Å². The summed E-state index contributed by atoms with van der Waals surface area (Å²) < 4.78 is 1.73. The molecular weight excluding hydrogens is 478 g/mol. The minimum Gasteiger partial charge on any atom is -0.395 e. The molecule has 8 heteroatoms. The fourth-order valence-corrected chi connectivity index (χ4v) is 4.64. The van der Waals surface area contributed by atoms with E-state index in [1.54, 1.807) is 29.2 Å². The number of carbonyl (C=O) groups excluding carboxylic acids is 2. The third-order valence-electron chi connectivity index (χ3n) is 6.69. The van der Waals surface area contributed by atoms with Gasteiger partial charge in [-0.15, -0.1) is 0 Å².